The number of nitro groups is 1. The van der Waals surface area contributed by atoms with E-state index in [0.29, 0.717) is 21.4 Å². The van der Waals surface area contributed by atoms with Crippen LogP contribution >= 0.6 is 23.2 Å². The van der Waals surface area contributed by atoms with E-state index in [0.717, 1.165) is 11.1 Å². The van der Waals surface area contributed by atoms with E-state index in [-0.39, 0.29) is 17.3 Å². The number of hydrogen-bond donors (Lipinski definition) is 2. The summed E-state index contributed by atoms with van der Waals surface area (Å²) in [4.78, 5) is 19.3. The lowest BCUT2D eigenvalue weighted by molar-refractivity contribution is -0.383. The standard InChI is InChI=1S/C18H15Cl2N5O2/c1-10-3-5-12(19)7-14(10)23-17-16(25(26)27)18(22-9-21-17)24-15-8-13(20)6-4-11(15)2/h3-9H,1-2H3,(H2,21,22,23,24). The molecule has 0 aliphatic carbocycles. The van der Waals surface area contributed by atoms with Crippen LogP contribution in [0.2, 0.25) is 10.0 Å². The van der Waals surface area contributed by atoms with Crippen molar-refractivity contribution in [3.8, 4) is 0 Å². The van der Waals surface area contributed by atoms with Crippen molar-refractivity contribution in [3.63, 3.8) is 0 Å². The highest BCUT2D eigenvalue weighted by atomic mass is 35.5. The van der Waals surface area contributed by atoms with Crippen molar-refractivity contribution in [1.82, 2.24) is 9.97 Å². The van der Waals surface area contributed by atoms with Gasteiger partial charge in [-0.25, -0.2) is 9.97 Å². The van der Waals surface area contributed by atoms with Crippen molar-refractivity contribution in [3.05, 3.63) is 74.0 Å². The molecule has 0 aliphatic heterocycles. The first-order chi connectivity index (χ1) is 12.8. The number of halogens is 2. The van der Waals surface area contributed by atoms with Gasteiger partial charge in [0.05, 0.1) is 4.92 Å². The van der Waals surface area contributed by atoms with Crippen LogP contribution in [0.3, 0.4) is 0 Å². The van der Waals surface area contributed by atoms with Gasteiger partial charge in [0.25, 0.3) is 0 Å². The molecule has 3 aromatic rings. The van der Waals surface area contributed by atoms with E-state index in [1.165, 1.54) is 6.33 Å². The van der Waals surface area contributed by atoms with Gasteiger partial charge in [0.15, 0.2) is 0 Å². The number of benzene rings is 2. The molecule has 1 heterocycles. The van der Waals surface area contributed by atoms with E-state index in [2.05, 4.69) is 20.6 Å². The molecule has 7 nitrogen and oxygen atoms in total. The second-order valence-electron chi connectivity index (χ2n) is 5.85. The zero-order valence-corrected chi connectivity index (χ0v) is 16.0. The lowest BCUT2D eigenvalue weighted by atomic mass is 10.2. The summed E-state index contributed by atoms with van der Waals surface area (Å²) in [7, 11) is 0. The number of hydrogen-bond acceptors (Lipinski definition) is 6. The summed E-state index contributed by atoms with van der Waals surface area (Å²) in [5, 5.41) is 18.7. The van der Waals surface area contributed by atoms with Crippen molar-refractivity contribution in [1.29, 1.82) is 0 Å². The Hall–Kier alpha value is -2.90. The van der Waals surface area contributed by atoms with Crippen LogP contribution in [0.5, 0.6) is 0 Å². The van der Waals surface area contributed by atoms with Crippen molar-refractivity contribution in [2.75, 3.05) is 10.6 Å². The van der Waals surface area contributed by atoms with Crippen molar-refractivity contribution in [2.45, 2.75) is 13.8 Å². The lowest BCUT2D eigenvalue weighted by Gasteiger charge is -2.13. The van der Waals surface area contributed by atoms with E-state index in [4.69, 9.17) is 23.2 Å². The number of aromatic nitrogens is 2. The second-order valence-corrected chi connectivity index (χ2v) is 6.72. The molecule has 3 rings (SSSR count). The highest BCUT2D eigenvalue weighted by Crippen LogP contribution is 2.35. The number of aryl methyl sites for hydroxylation is 2. The minimum Gasteiger partial charge on any atom is -0.334 e. The van der Waals surface area contributed by atoms with Crippen molar-refractivity contribution >= 4 is 51.9 Å². The average Bonchev–Trinajstić information content (AvgIpc) is 2.61. The van der Waals surface area contributed by atoms with Gasteiger partial charge in [-0.2, -0.15) is 0 Å². The van der Waals surface area contributed by atoms with Gasteiger partial charge in [0, 0.05) is 21.4 Å². The summed E-state index contributed by atoms with van der Waals surface area (Å²) in [6, 6.07) is 10.5. The third-order valence-corrected chi connectivity index (χ3v) is 4.38. The van der Waals surface area contributed by atoms with Crippen LogP contribution in [0.15, 0.2) is 42.7 Å². The molecule has 9 heteroatoms. The van der Waals surface area contributed by atoms with Gasteiger partial charge in [-0.3, -0.25) is 10.1 Å². The molecule has 0 saturated carbocycles. The fourth-order valence-electron chi connectivity index (χ4n) is 2.45. The van der Waals surface area contributed by atoms with Crippen LogP contribution in [-0.4, -0.2) is 14.9 Å². The molecular weight excluding hydrogens is 389 g/mol. The molecule has 0 saturated heterocycles. The lowest BCUT2D eigenvalue weighted by Crippen LogP contribution is -2.06. The minimum atomic E-state index is -0.537. The summed E-state index contributed by atoms with van der Waals surface area (Å²) in [5.41, 5.74) is 2.69. The summed E-state index contributed by atoms with van der Waals surface area (Å²) in [6.07, 6.45) is 1.25. The topological polar surface area (TPSA) is 93.0 Å². The van der Waals surface area contributed by atoms with Gasteiger partial charge < -0.3 is 10.6 Å². The Labute approximate surface area is 165 Å². The third kappa shape index (κ3) is 4.27. The predicted molar refractivity (Wildman–Crippen MR) is 108 cm³/mol. The van der Waals surface area contributed by atoms with Crippen LogP contribution < -0.4 is 10.6 Å². The first kappa shape index (κ1) is 18.9. The molecular formula is C18H15Cl2N5O2. The Bertz CT molecular complexity index is 955. The molecule has 0 bridgehead atoms. The Morgan fingerprint density at radius 2 is 1.33 bits per heavy atom. The molecule has 0 amide bonds. The molecule has 138 valence electrons. The van der Waals surface area contributed by atoms with Crippen LogP contribution in [0, 0.1) is 24.0 Å². The maximum Gasteiger partial charge on any atom is 0.353 e. The summed E-state index contributed by atoms with van der Waals surface area (Å²) < 4.78 is 0. The predicted octanol–water partition coefficient (Wildman–Crippen LogP) is 5.80. The quantitative estimate of drug-likeness (QED) is 0.413. The maximum atomic E-state index is 11.7. The zero-order valence-electron chi connectivity index (χ0n) is 14.5. The fourth-order valence-corrected chi connectivity index (χ4v) is 2.79. The molecule has 2 N–H and O–H groups in total. The van der Waals surface area contributed by atoms with Gasteiger partial charge >= 0.3 is 5.69 Å². The molecule has 1 aromatic heterocycles. The van der Waals surface area contributed by atoms with E-state index in [1.807, 2.05) is 26.0 Å². The minimum absolute atomic E-state index is 0.0579. The Kier molecular flexibility index (Phi) is 5.43. The Balaban J connectivity index is 2.04. The molecule has 0 radical (unpaired) electrons. The number of nitrogens with one attached hydrogen (secondary N) is 2. The highest BCUT2D eigenvalue weighted by Gasteiger charge is 2.24. The van der Waals surface area contributed by atoms with E-state index in [1.54, 1.807) is 24.3 Å². The molecule has 0 spiro atoms. The molecule has 27 heavy (non-hydrogen) atoms. The van der Waals surface area contributed by atoms with Crippen molar-refractivity contribution < 1.29 is 4.92 Å². The maximum absolute atomic E-state index is 11.7. The highest BCUT2D eigenvalue weighted by molar-refractivity contribution is 6.31. The van der Waals surface area contributed by atoms with Crippen LogP contribution in [0.25, 0.3) is 0 Å². The number of rotatable bonds is 5. The monoisotopic (exact) mass is 403 g/mol. The van der Waals surface area contributed by atoms with Gasteiger partial charge in [-0.05, 0) is 49.2 Å². The molecule has 2 aromatic carbocycles. The SMILES string of the molecule is Cc1ccc(Cl)cc1Nc1ncnc(Nc2cc(Cl)ccc2C)c1[N+](=O)[O-]. The normalized spacial score (nSPS) is 10.5. The fraction of sp³-hybridized carbons (Fsp3) is 0.111. The van der Waals surface area contributed by atoms with Gasteiger partial charge in [-0.15, -0.1) is 0 Å². The first-order valence-corrected chi connectivity index (χ1v) is 8.66. The van der Waals surface area contributed by atoms with E-state index >= 15 is 0 Å². The average molecular weight is 404 g/mol. The molecule has 0 aliphatic rings. The van der Waals surface area contributed by atoms with Crippen LogP contribution in [0.4, 0.5) is 28.7 Å². The third-order valence-electron chi connectivity index (χ3n) is 3.91. The van der Waals surface area contributed by atoms with Crippen LogP contribution in [0.1, 0.15) is 11.1 Å². The molecule has 0 atom stereocenters. The van der Waals surface area contributed by atoms with Gasteiger partial charge in [0.2, 0.25) is 11.6 Å². The van der Waals surface area contributed by atoms with E-state index < -0.39 is 4.92 Å². The zero-order chi connectivity index (χ0) is 19.6. The Morgan fingerprint density at radius 1 is 0.889 bits per heavy atom. The summed E-state index contributed by atoms with van der Waals surface area (Å²) >= 11 is 12.0. The second kappa shape index (κ2) is 7.77. The van der Waals surface area contributed by atoms with E-state index in [9.17, 15) is 10.1 Å². The largest absolute Gasteiger partial charge is 0.353 e. The summed E-state index contributed by atoms with van der Waals surface area (Å²) in [5.74, 6) is 0.116. The van der Waals surface area contributed by atoms with Crippen molar-refractivity contribution in [2.24, 2.45) is 0 Å². The summed E-state index contributed by atoms with van der Waals surface area (Å²) in [6.45, 7) is 3.72. The number of nitrogens with zero attached hydrogens (tertiary/aromatic N) is 3. The molecule has 0 fully saturated rings. The van der Waals surface area contributed by atoms with Crippen LogP contribution in [-0.2, 0) is 0 Å². The molecule has 0 unspecified atom stereocenters. The Morgan fingerprint density at radius 3 is 1.74 bits per heavy atom. The van der Waals surface area contributed by atoms with Gasteiger partial charge in [0.1, 0.15) is 6.33 Å². The first-order valence-electron chi connectivity index (χ1n) is 7.91. The van der Waals surface area contributed by atoms with Gasteiger partial charge in [-0.1, -0.05) is 35.3 Å². The number of anilines is 4. The smallest absolute Gasteiger partial charge is 0.334 e.